The lowest BCUT2D eigenvalue weighted by Gasteiger charge is -2.18. The molecule has 0 bridgehead atoms. The molecular weight excluding hydrogens is 300 g/mol. The molecule has 1 N–H and O–H groups in total. The molecule has 0 unspecified atom stereocenters. The van der Waals surface area contributed by atoms with Gasteiger partial charge in [0.25, 0.3) is 5.91 Å². The third-order valence-electron chi connectivity index (χ3n) is 3.87. The van der Waals surface area contributed by atoms with Gasteiger partial charge in [-0.25, -0.2) is 0 Å². The molecular formula is C20H26N2O2. The summed E-state index contributed by atoms with van der Waals surface area (Å²) in [6, 6.07) is 15.6. The Morgan fingerprint density at radius 1 is 1.08 bits per heavy atom. The quantitative estimate of drug-likeness (QED) is 0.801. The first-order chi connectivity index (χ1) is 11.6. The van der Waals surface area contributed by atoms with E-state index in [1.807, 2.05) is 49.4 Å². The molecule has 2 rings (SSSR count). The van der Waals surface area contributed by atoms with Crippen LogP contribution in [0, 0.1) is 6.92 Å². The van der Waals surface area contributed by atoms with Gasteiger partial charge in [0.05, 0.1) is 0 Å². The summed E-state index contributed by atoms with van der Waals surface area (Å²) in [5.74, 6) is 0.553. The summed E-state index contributed by atoms with van der Waals surface area (Å²) in [6.45, 7) is 9.21. The van der Waals surface area contributed by atoms with E-state index >= 15 is 0 Å². The summed E-state index contributed by atoms with van der Waals surface area (Å²) in [4.78, 5) is 14.4. The minimum absolute atomic E-state index is 0.00370. The van der Waals surface area contributed by atoms with Crippen molar-refractivity contribution in [3.05, 3.63) is 59.7 Å². The van der Waals surface area contributed by atoms with Crippen molar-refractivity contribution >= 4 is 11.6 Å². The number of hydrogen-bond donors (Lipinski definition) is 1. The molecule has 0 saturated heterocycles. The Morgan fingerprint density at radius 2 is 1.83 bits per heavy atom. The number of nitrogens with zero attached hydrogens (tertiary/aromatic N) is 1. The Hall–Kier alpha value is -2.33. The Morgan fingerprint density at radius 3 is 2.54 bits per heavy atom. The van der Waals surface area contributed by atoms with E-state index < -0.39 is 0 Å². The lowest BCUT2D eigenvalue weighted by atomic mass is 10.2. The van der Waals surface area contributed by atoms with E-state index in [-0.39, 0.29) is 12.5 Å². The van der Waals surface area contributed by atoms with Gasteiger partial charge in [0, 0.05) is 12.2 Å². The van der Waals surface area contributed by atoms with E-state index in [1.54, 1.807) is 0 Å². The van der Waals surface area contributed by atoms with Gasteiger partial charge in [0.2, 0.25) is 0 Å². The molecule has 0 fully saturated rings. The van der Waals surface area contributed by atoms with Crippen LogP contribution in [0.15, 0.2) is 48.5 Å². The fourth-order valence-electron chi connectivity index (χ4n) is 2.50. The van der Waals surface area contributed by atoms with Crippen molar-refractivity contribution in [1.29, 1.82) is 0 Å². The van der Waals surface area contributed by atoms with Gasteiger partial charge in [-0.3, -0.25) is 9.69 Å². The van der Waals surface area contributed by atoms with Gasteiger partial charge in [0.1, 0.15) is 5.75 Å². The first-order valence-electron chi connectivity index (χ1n) is 8.41. The van der Waals surface area contributed by atoms with Gasteiger partial charge in [-0.2, -0.15) is 0 Å². The predicted molar refractivity (Wildman–Crippen MR) is 98.4 cm³/mol. The molecule has 2 aromatic rings. The number of hydrogen-bond acceptors (Lipinski definition) is 3. The summed E-state index contributed by atoms with van der Waals surface area (Å²) in [5, 5.41) is 2.89. The van der Waals surface area contributed by atoms with Crippen LogP contribution >= 0.6 is 0 Å². The number of amides is 1. The van der Waals surface area contributed by atoms with Crippen molar-refractivity contribution in [3.8, 4) is 5.75 Å². The largest absolute Gasteiger partial charge is 0.484 e. The second kappa shape index (κ2) is 9.08. The Labute approximate surface area is 144 Å². The lowest BCUT2D eigenvalue weighted by Crippen LogP contribution is -2.22. The average molecular weight is 326 g/mol. The molecule has 0 saturated carbocycles. The van der Waals surface area contributed by atoms with Crippen molar-refractivity contribution < 1.29 is 9.53 Å². The van der Waals surface area contributed by atoms with Crippen molar-refractivity contribution in [2.45, 2.75) is 27.3 Å². The summed E-state index contributed by atoms with van der Waals surface area (Å²) >= 11 is 0. The number of benzene rings is 2. The van der Waals surface area contributed by atoms with Crippen LogP contribution in [-0.2, 0) is 11.3 Å². The van der Waals surface area contributed by atoms with E-state index in [2.05, 4.69) is 30.1 Å². The second-order valence-corrected chi connectivity index (χ2v) is 5.82. The molecule has 0 aromatic heterocycles. The zero-order chi connectivity index (χ0) is 17.4. The highest BCUT2D eigenvalue weighted by molar-refractivity contribution is 5.91. The molecule has 128 valence electrons. The fourth-order valence-corrected chi connectivity index (χ4v) is 2.50. The number of aryl methyl sites for hydroxylation is 1. The third kappa shape index (κ3) is 5.70. The van der Waals surface area contributed by atoms with Crippen molar-refractivity contribution in [3.63, 3.8) is 0 Å². The second-order valence-electron chi connectivity index (χ2n) is 5.82. The number of anilines is 1. The molecule has 0 aliphatic heterocycles. The molecule has 4 nitrogen and oxygen atoms in total. The zero-order valence-corrected chi connectivity index (χ0v) is 14.7. The number of nitrogens with one attached hydrogen (secondary N) is 1. The van der Waals surface area contributed by atoms with Gasteiger partial charge in [-0.05, 0) is 55.4 Å². The van der Waals surface area contributed by atoms with E-state index in [0.717, 1.165) is 30.9 Å². The molecule has 24 heavy (non-hydrogen) atoms. The van der Waals surface area contributed by atoms with Crippen LogP contribution in [0.5, 0.6) is 5.75 Å². The maximum Gasteiger partial charge on any atom is 0.262 e. The minimum atomic E-state index is -0.156. The summed E-state index contributed by atoms with van der Waals surface area (Å²) in [6.07, 6.45) is 0. The van der Waals surface area contributed by atoms with Gasteiger partial charge in [-0.1, -0.05) is 38.1 Å². The standard InChI is InChI=1S/C20H26N2O2/c1-4-22(5-2)14-17-9-7-10-18(13-17)21-20(23)15-24-19-11-6-8-16(3)12-19/h6-13H,4-5,14-15H2,1-3H3,(H,21,23). The van der Waals surface area contributed by atoms with Crippen LogP contribution < -0.4 is 10.1 Å². The van der Waals surface area contributed by atoms with Crippen molar-refractivity contribution in [2.75, 3.05) is 25.0 Å². The lowest BCUT2D eigenvalue weighted by molar-refractivity contribution is -0.118. The Bertz CT molecular complexity index is 666. The molecule has 0 aliphatic carbocycles. The van der Waals surface area contributed by atoms with E-state index in [0.29, 0.717) is 5.75 Å². The van der Waals surface area contributed by atoms with Crippen LogP contribution in [0.25, 0.3) is 0 Å². The average Bonchev–Trinajstić information content (AvgIpc) is 2.58. The zero-order valence-electron chi connectivity index (χ0n) is 14.7. The molecule has 2 aromatic carbocycles. The molecule has 0 aliphatic rings. The summed E-state index contributed by atoms with van der Waals surface area (Å²) < 4.78 is 5.53. The van der Waals surface area contributed by atoms with Gasteiger partial charge in [-0.15, -0.1) is 0 Å². The predicted octanol–water partition coefficient (Wildman–Crippen LogP) is 3.85. The number of ether oxygens (including phenoxy) is 1. The summed E-state index contributed by atoms with van der Waals surface area (Å²) in [5.41, 5.74) is 3.10. The minimum Gasteiger partial charge on any atom is -0.484 e. The molecule has 0 spiro atoms. The normalized spacial score (nSPS) is 10.7. The van der Waals surface area contributed by atoms with Crippen LogP contribution in [0.2, 0.25) is 0 Å². The highest BCUT2D eigenvalue weighted by Crippen LogP contribution is 2.14. The molecule has 0 atom stereocenters. The van der Waals surface area contributed by atoms with E-state index in [1.165, 1.54) is 5.56 Å². The van der Waals surface area contributed by atoms with Crippen molar-refractivity contribution in [1.82, 2.24) is 4.90 Å². The van der Waals surface area contributed by atoms with Gasteiger partial charge < -0.3 is 10.1 Å². The fraction of sp³-hybridized carbons (Fsp3) is 0.350. The van der Waals surface area contributed by atoms with Crippen LogP contribution in [0.1, 0.15) is 25.0 Å². The van der Waals surface area contributed by atoms with E-state index in [4.69, 9.17) is 4.74 Å². The molecule has 1 amide bonds. The monoisotopic (exact) mass is 326 g/mol. The first-order valence-corrected chi connectivity index (χ1v) is 8.41. The third-order valence-corrected chi connectivity index (χ3v) is 3.87. The van der Waals surface area contributed by atoms with Crippen LogP contribution in [0.4, 0.5) is 5.69 Å². The van der Waals surface area contributed by atoms with E-state index in [9.17, 15) is 4.79 Å². The highest BCUT2D eigenvalue weighted by Gasteiger charge is 2.06. The molecule has 0 heterocycles. The number of carbonyl (C=O) groups is 1. The Balaban J connectivity index is 1.89. The van der Waals surface area contributed by atoms with Gasteiger partial charge >= 0.3 is 0 Å². The van der Waals surface area contributed by atoms with Crippen LogP contribution in [-0.4, -0.2) is 30.5 Å². The van der Waals surface area contributed by atoms with Crippen molar-refractivity contribution in [2.24, 2.45) is 0 Å². The number of carbonyl (C=O) groups excluding carboxylic acids is 1. The highest BCUT2D eigenvalue weighted by atomic mass is 16.5. The summed E-state index contributed by atoms with van der Waals surface area (Å²) in [7, 11) is 0. The smallest absolute Gasteiger partial charge is 0.262 e. The SMILES string of the molecule is CCN(CC)Cc1cccc(NC(=O)COc2cccc(C)c2)c1. The Kier molecular flexibility index (Phi) is 6.82. The maximum atomic E-state index is 12.1. The first kappa shape index (κ1) is 18.0. The topological polar surface area (TPSA) is 41.6 Å². The maximum absolute atomic E-state index is 12.1. The molecule has 4 heteroatoms. The van der Waals surface area contributed by atoms with Gasteiger partial charge in [0.15, 0.2) is 6.61 Å². The number of rotatable bonds is 8. The molecule has 0 radical (unpaired) electrons. The van der Waals surface area contributed by atoms with Crippen LogP contribution in [0.3, 0.4) is 0 Å².